The predicted octanol–water partition coefficient (Wildman–Crippen LogP) is 4.13. The minimum atomic E-state index is 0.308. The van der Waals surface area contributed by atoms with Gasteiger partial charge in [0, 0.05) is 17.4 Å². The van der Waals surface area contributed by atoms with Crippen LogP contribution in [0.1, 0.15) is 17.2 Å². The highest BCUT2D eigenvalue weighted by molar-refractivity contribution is 7.99. The van der Waals surface area contributed by atoms with Crippen LogP contribution in [0.3, 0.4) is 0 Å². The van der Waals surface area contributed by atoms with E-state index in [0.29, 0.717) is 12.0 Å². The van der Waals surface area contributed by atoms with E-state index in [-0.39, 0.29) is 0 Å². The monoisotopic (exact) mass is 306 g/mol. The third kappa shape index (κ3) is 2.57. The molecule has 1 fully saturated rings. The van der Waals surface area contributed by atoms with Gasteiger partial charge in [-0.15, -0.1) is 0 Å². The Morgan fingerprint density at radius 1 is 1.00 bits per heavy atom. The first-order chi connectivity index (χ1) is 10.9. The lowest BCUT2D eigenvalue weighted by Crippen LogP contribution is -2.28. The van der Waals surface area contributed by atoms with Crippen LogP contribution in [0.2, 0.25) is 0 Å². The van der Waals surface area contributed by atoms with Gasteiger partial charge in [-0.25, -0.2) is 0 Å². The molecular weight excluding hydrogens is 288 g/mol. The van der Waals surface area contributed by atoms with Crippen molar-refractivity contribution < 1.29 is 0 Å². The Morgan fingerprint density at radius 3 is 2.50 bits per heavy atom. The lowest BCUT2D eigenvalue weighted by Gasteiger charge is -2.26. The van der Waals surface area contributed by atoms with Crippen molar-refractivity contribution in [3.05, 3.63) is 77.4 Å². The minimum absolute atomic E-state index is 0.308. The van der Waals surface area contributed by atoms with E-state index in [2.05, 4.69) is 77.3 Å². The van der Waals surface area contributed by atoms with Crippen LogP contribution in [-0.4, -0.2) is 17.2 Å². The molecule has 2 aliphatic rings. The first-order valence-corrected chi connectivity index (χ1v) is 8.79. The maximum absolute atomic E-state index is 4.68. The molecule has 2 atom stereocenters. The molecule has 0 amide bonds. The summed E-state index contributed by atoms with van der Waals surface area (Å²) in [4.78, 5) is 0. The van der Waals surface area contributed by atoms with Crippen LogP contribution in [-0.2, 0) is 0 Å². The average molecular weight is 306 g/mol. The van der Waals surface area contributed by atoms with Crippen molar-refractivity contribution in [3.8, 4) is 0 Å². The number of nitrogens with one attached hydrogen (secondary N) is 1. The fourth-order valence-corrected chi connectivity index (χ4v) is 4.33. The van der Waals surface area contributed by atoms with Crippen LogP contribution in [0.25, 0.3) is 6.08 Å². The summed E-state index contributed by atoms with van der Waals surface area (Å²) in [5, 5.41) is 4.68. The van der Waals surface area contributed by atoms with Gasteiger partial charge in [0.05, 0.1) is 11.8 Å². The number of nitrogens with zero attached hydrogens (tertiary/aromatic N) is 1. The first-order valence-electron chi connectivity index (χ1n) is 7.63. The molecule has 0 saturated carbocycles. The van der Waals surface area contributed by atoms with Crippen LogP contribution in [0.4, 0.5) is 0 Å². The van der Waals surface area contributed by atoms with Gasteiger partial charge in [-0.05, 0) is 22.8 Å². The largest absolute Gasteiger partial charge is 0.302 e. The van der Waals surface area contributed by atoms with Crippen molar-refractivity contribution in [2.75, 3.05) is 11.5 Å². The zero-order valence-corrected chi connectivity index (χ0v) is 13.1. The second kappa shape index (κ2) is 6.01. The molecule has 0 bridgehead atoms. The number of rotatable bonds is 2. The van der Waals surface area contributed by atoms with Crippen molar-refractivity contribution >= 4 is 23.5 Å². The molecule has 0 aromatic heterocycles. The lowest BCUT2D eigenvalue weighted by molar-refractivity contribution is 0.529. The summed E-state index contributed by atoms with van der Waals surface area (Å²) in [6, 6.07) is 21.5. The SMILES string of the molecule is C(=C1\CSCC2C1=NNC2c1ccccc1)/c1ccccc1. The molecule has 110 valence electrons. The summed E-state index contributed by atoms with van der Waals surface area (Å²) < 4.78 is 0. The van der Waals surface area contributed by atoms with Gasteiger partial charge in [0.1, 0.15) is 0 Å². The summed E-state index contributed by atoms with van der Waals surface area (Å²) >= 11 is 2.01. The Kier molecular flexibility index (Phi) is 3.73. The molecular formula is C19H18N2S. The second-order valence-electron chi connectivity index (χ2n) is 5.72. The van der Waals surface area contributed by atoms with Crippen LogP contribution in [0, 0.1) is 5.92 Å². The van der Waals surface area contributed by atoms with Gasteiger partial charge in [0.25, 0.3) is 0 Å². The van der Waals surface area contributed by atoms with Crippen LogP contribution in [0.15, 0.2) is 71.3 Å². The topological polar surface area (TPSA) is 24.4 Å². The summed E-state index contributed by atoms with van der Waals surface area (Å²) in [6.45, 7) is 0. The highest BCUT2D eigenvalue weighted by atomic mass is 32.2. The van der Waals surface area contributed by atoms with E-state index in [1.807, 2.05) is 11.8 Å². The van der Waals surface area contributed by atoms with Crippen LogP contribution < -0.4 is 5.43 Å². The van der Waals surface area contributed by atoms with Gasteiger partial charge in [0.15, 0.2) is 0 Å². The average Bonchev–Trinajstić information content (AvgIpc) is 3.02. The molecule has 2 heterocycles. The third-order valence-electron chi connectivity index (χ3n) is 4.26. The summed E-state index contributed by atoms with van der Waals surface area (Å²) in [7, 11) is 0. The van der Waals surface area contributed by atoms with E-state index < -0.39 is 0 Å². The van der Waals surface area contributed by atoms with Gasteiger partial charge in [-0.2, -0.15) is 16.9 Å². The Morgan fingerprint density at radius 2 is 1.73 bits per heavy atom. The summed E-state index contributed by atoms with van der Waals surface area (Å²) in [6.07, 6.45) is 2.28. The number of hydrazone groups is 1. The molecule has 1 N–H and O–H groups in total. The lowest BCUT2D eigenvalue weighted by atomic mass is 9.88. The Balaban J connectivity index is 1.63. The Labute approximate surface area is 135 Å². The molecule has 4 rings (SSSR count). The summed E-state index contributed by atoms with van der Waals surface area (Å²) in [5.41, 5.74) is 8.55. The molecule has 0 spiro atoms. The van der Waals surface area contributed by atoms with Crippen molar-refractivity contribution in [2.45, 2.75) is 6.04 Å². The van der Waals surface area contributed by atoms with E-state index in [0.717, 1.165) is 11.5 Å². The maximum atomic E-state index is 4.68. The Hall–Kier alpha value is -2.00. The second-order valence-corrected chi connectivity index (χ2v) is 6.75. The van der Waals surface area contributed by atoms with Gasteiger partial charge in [-0.1, -0.05) is 60.7 Å². The zero-order chi connectivity index (χ0) is 14.8. The van der Waals surface area contributed by atoms with E-state index in [4.69, 9.17) is 0 Å². The fourth-order valence-electron chi connectivity index (χ4n) is 3.16. The molecule has 2 unspecified atom stereocenters. The minimum Gasteiger partial charge on any atom is -0.302 e. The molecule has 22 heavy (non-hydrogen) atoms. The molecule has 2 aromatic carbocycles. The molecule has 2 aliphatic heterocycles. The van der Waals surface area contributed by atoms with Gasteiger partial charge >= 0.3 is 0 Å². The van der Waals surface area contributed by atoms with E-state index in [1.54, 1.807) is 0 Å². The number of benzene rings is 2. The molecule has 1 saturated heterocycles. The molecule has 2 aromatic rings. The highest BCUT2D eigenvalue weighted by Crippen LogP contribution is 2.37. The van der Waals surface area contributed by atoms with E-state index >= 15 is 0 Å². The van der Waals surface area contributed by atoms with E-state index in [1.165, 1.54) is 22.4 Å². The molecule has 0 radical (unpaired) electrons. The smallest absolute Gasteiger partial charge is 0.0781 e. The van der Waals surface area contributed by atoms with Crippen molar-refractivity contribution in [1.82, 2.24) is 5.43 Å². The van der Waals surface area contributed by atoms with Gasteiger partial charge in [-0.3, -0.25) is 0 Å². The fraction of sp³-hybridized carbons (Fsp3) is 0.211. The summed E-state index contributed by atoms with van der Waals surface area (Å²) in [5.74, 6) is 2.65. The predicted molar refractivity (Wildman–Crippen MR) is 95.0 cm³/mol. The molecule has 0 aliphatic carbocycles. The standard InChI is InChI=1S/C19H18N2S/c1-3-7-14(8-4-1)11-16-12-22-13-17-18(20-21-19(16)17)15-9-5-2-6-10-15/h1-11,17-18,20H,12-13H2/b16-11-. The van der Waals surface area contributed by atoms with Crippen molar-refractivity contribution in [3.63, 3.8) is 0 Å². The third-order valence-corrected chi connectivity index (χ3v) is 5.37. The number of hydrogen-bond acceptors (Lipinski definition) is 3. The number of hydrogen-bond donors (Lipinski definition) is 1. The number of fused-ring (bicyclic) bond motifs is 1. The van der Waals surface area contributed by atoms with Crippen molar-refractivity contribution in [2.24, 2.45) is 11.0 Å². The van der Waals surface area contributed by atoms with E-state index in [9.17, 15) is 0 Å². The van der Waals surface area contributed by atoms with Crippen LogP contribution in [0.5, 0.6) is 0 Å². The zero-order valence-electron chi connectivity index (χ0n) is 12.3. The first kappa shape index (κ1) is 13.6. The van der Waals surface area contributed by atoms with Crippen molar-refractivity contribution in [1.29, 1.82) is 0 Å². The quantitative estimate of drug-likeness (QED) is 0.902. The van der Waals surface area contributed by atoms with Gasteiger partial charge in [0.2, 0.25) is 0 Å². The molecule has 3 heteroatoms. The van der Waals surface area contributed by atoms with Crippen LogP contribution >= 0.6 is 11.8 Å². The Bertz CT molecular complexity index is 707. The number of thioether (sulfide) groups is 1. The normalized spacial score (nSPS) is 25.5. The maximum Gasteiger partial charge on any atom is 0.0781 e. The van der Waals surface area contributed by atoms with Gasteiger partial charge < -0.3 is 5.43 Å². The molecule has 2 nitrogen and oxygen atoms in total. The highest BCUT2D eigenvalue weighted by Gasteiger charge is 2.36.